The lowest BCUT2D eigenvalue weighted by atomic mass is 9.91. The molecule has 2 N–H and O–H groups in total. The van der Waals surface area contributed by atoms with Crippen LogP contribution >= 0.6 is 0 Å². The number of hydrogen-bond acceptors (Lipinski definition) is 8. The Hall–Kier alpha value is -3.67. The monoisotopic (exact) mass is 666 g/mol. The molecule has 11 nitrogen and oxygen atoms in total. The molecule has 2 saturated carbocycles. The molecule has 3 amide bonds. The molecule has 0 spiro atoms. The third kappa shape index (κ3) is 7.27. The molecular formula is C35H46N4O7S. The second-order valence-corrected chi connectivity index (χ2v) is 15.9. The third-order valence-electron chi connectivity index (χ3n) is 9.83. The Labute approximate surface area is 276 Å². The summed E-state index contributed by atoms with van der Waals surface area (Å²) in [5.74, 6) is -0.145. The lowest BCUT2D eigenvalue weighted by Crippen LogP contribution is -2.56. The number of ether oxygens (including phenoxy) is 2. The fraction of sp³-hybridized carbons (Fsp3) is 0.600. The van der Waals surface area contributed by atoms with Gasteiger partial charge in [0, 0.05) is 29.5 Å². The van der Waals surface area contributed by atoms with Gasteiger partial charge in [0.25, 0.3) is 5.91 Å². The SMILES string of the molecule is CCCOc1cnc(OC2C[C@H]3C(=O)N[C@]4(C(=O)NS(=O)(=O)C5CC5)C[C@H]4/C=C\CC[C@@H](C)C[C@@H](C)CC(=O)N3C2)c2ccccc12. The number of amides is 3. The molecule has 254 valence electrons. The number of sulfonamides is 1. The van der Waals surface area contributed by atoms with Crippen molar-refractivity contribution >= 4 is 38.5 Å². The largest absolute Gasteiger partial charge is 0.491 e. The molecule has 6 rings (SSSR count). The molecule has 0 bridgehead atoms. The number of benzene rings is 1. The van der Waals surface area contributed by atoms with E-state index < -0.39 is 44.8 Å². The highest BCUT2D eigenvalue weighted by Crippen LogP contribution is 2.46. The van der Waals surface area contributed by atoms with Crippen LogP contribution in [0.5, 0.6) is 11.6 Å². The van der Waals surface area contributed by atoms with Crippen LogP contribution in [0.4, 0.5) is 0 Å². The van der Waals surface area contributed by atoms with Gasteiger partial charge in [-0.15, -0.1) is 0 Å². The van der Waals surface area contributed by atoms with E-state index in [9.17, 15) is 22.8 Å². The molecule has 12 heteroatoms. The van der Waals surface area contributed by atoms with Crippen LogP contribution in [0, 0.1) is 17.8 Å². The first-order valence-electron chi connectivity index (χ1n) is 17.0. The van der Waals surface area contributed by atoms with E-state index >= 15 is 0 Å². The van der Waals surface area contributed by atoms with Crippen LogP contribution in [0.15, 0.2) is 42.6 Å². The van der Waals surface area contributed by atoms with Gasteiger partial charge in [0.05, 0.1) is 24.6 Å². The Morgan fingerprint density at radius 1 is 1.11 bits per heavy atom. The van der Waals surface area contributed by atoms with E-state index in [1.54, 1.807) is 11.1 Å². The molecule has 1 saturated heterocycles. The minimum atomic E-state index is -3.82. The second-order valence-electron chi connectivity index (χ2n) is 14.0. The summed E-state index contributed by atoms with van der Waals surface area (Å²) in [7, 11) is -3.82. The maximum absolute atomic E-state index is 14.1. The minimum Gasteiger partial charge on any atom is -0.491 e. The number of carbonyl (C=O) groups is 3. The quantitative estimate of drug-likeness (QED) is 0.398. The van der Waals surface area contributed by atoms with E-state index in [1.807, 2.05) is 43.3 Å². The fourth-order valence-electron chi connectivity index (χ4n) is 7.04. The molecule has 3 heterocycles. The van der Waals surface area contributed by atoms with Gasteiger partial charge in [-0.2, -0.15) is 0 Å². The van der Waals surface area contributed by atoms with Crippen molar-refractivity contribution in [3.8, 4) is 11.6 Å². The number of hydrogen-bond donors (Lipinski definition) is 2. The topological polar surface area (TPSA) is 144 Å². The highest BCUT2D eigenvalue weighted by molar-refractivity contribution is 7.91. The van der Waals surface area contributed by atoms with Gasteiger partial charge in [0.2, 0.25) is 27.7 Å². The Kier molecular flexibility index (Phi) is 9.51. The van der Waals surface area contributed by atoms with E-state index in [0.29, 0.717) is 37.0 Å². The third-order valence-corrected chi connectivity index (χ3v) is 11.7. The van der Waals surface area contributed by atoms with Gasteiger partial charge in [0.1, 0.15) is 23.4 Å². The van der Waals surface area contributed by atoms with Crippen molar-refractivity contribution in [1.29, 1.82) is 0 Å². The van der Waals surface area contributed by atoms with Gasteiger partial charge < -0.3 is 19.7 Å². The zero-order chi connectivity index (χ0) is 33.3. The Morgan fingerprint density at radius 2 is 1.87 bits per heavy atom. The van der Waals surface area contributed by atoms with Gasteiger partial charge >= 0.3 is 0 Å². The normalized spacial score (nSPS) is 30.7. The van der Waals surface area contributed by atoms with Crippen molar-refractivity contribution in [2.24, 2.45) is 17.8 Å². The van der Waals surface area contributed by atoms with Crippen LogP contribution in [0.25, 0.3) is 10.8 Å². The van der Waals surface area contributed by atoms with Crippen molar-refractivity contribution < 1.29 is 32.3 Å². The summed E-state index contributed by atoms with van der Waals surface area (Å²) in [6, 6.07) is 6.78. The number of allylic oxidation sites excluding steroid dienone is 1. The maximum Gasteiger partial charge on any atom is 0.259 e. The number of nitrogens with one attached hydrogen (secondary N) is 2. The first kappa shape index (κ1) is 33.2. The molecule has 4 aliphatic rings. The smallest absolute Gasteiger partial charge is 0.259 e. The number of nitrogens with zero attached hydrogens (tertiary/aromatic N) is 2. The van der Waals surface area contributed by atoms with E-state index in [0.717, 1.165) is 36.5 Å². The molecule has 0 radical (unpaired) electrons. The molecule has 3 fully saturated rings. The lowest BCUT2D eigenvalue weighted by Gasteiger charge is -2.27. The summed E-state index contributed by atoms with van der Waals surface area (Å²) in [5, 5.41) is 3.98. The van der Waals surface area contributed by atoms with Gasteiger partial charge in [-0.25, -0.2) is 13.4 Å². The molecular weight excluding hydrogens is 620 g/mol. The summed E-state index contributed by atoms with van der Waals surface area (Å²) in [5.41, 5.74) is -1.39. The molecule has 1 aromatic heterocycles. The zero-order valence-electron chi connectivity index (χ0n) is 27.4. The van der Waals surface area contributed by atoms with E-state index in [-0.39, 0.29) is 43.6 Å². The minimum absolute atomic E-state index is 0.120. The first-order valence-corrected chi connectivity index (χ1v) is 18.6. The molecule has 2 aliphatic heterocycles. The molecule has 2 aliphatic carbocycles. The highest BCUT2D eigenvalue weighted by atomic mass is 32.2. The van der Waals surface area contributed by atoms with Crippen molar-refractivity contribution in [2.45, 2.75) is 101 Å². The molecule has 6 atom stereocenters. The summed E-state index contributed by atoms with van der Waals surface area (Å²) in [6.07, 6.45) is 10.3. The van der Waals surface area contributed by atoms with Crippen LogP contribution < -0.4 is 19.5 Å². The van der Waals surface area contributed by atoms with E-state index in [4.69, 9.17) is 9.47 Å². The van der Waals surface area contributed by atoms with Crippen LogP contribution in [-0.2, 0) is 24.4 Å². The maximum atomic E-state index is 14.1. The van der Waals surface area contributed by atoms with Crippen LogP contribution in [-0.4, -0.2) is 72.1 Å². The van der Waals surface area contributed by atoms with E-state index in [1.165, 1.54) is 0 Å². The number of carbonyl (C=O) groups excluding carboxylic acids is 3. The number of rotatable bonds is 8. The average Bonchev–Trinajstić information content (AvgIpc) is 3.95. The van der Waals surface area contributed by atoms with Gasteiger partial charge in [-0.05, 0) is 62.8 Å². The van der Waals surface area contributed by atoms with Crippen LogP contribution in [0.2, 0.25) is 0 Å². The molecule has 1 aromatic carbocycles. The van der Waals surface area contributed by atoms with Crippen molar-refractivity contribution in [3.05, 3.63) is 42.6 Å². The predicted octanol–water partition coefficient (Wildman–Crippen LogP) is 4.26. The summed E-state index contributed by atoms with van der Waals surface area (Å²) in [4.78, 5) is 47.6. The predicted molar refractivity (Wildman–Crippen MR) is 177 cm³/mol. The second kappa shape index (κ2) is 13.4. The fourth-order valence-corrected chi connectivity index (χ4v) is 8.40. The first-order chi connectivity index (χ1) is 22.5. The van der Waals surface area contributed by atoms with Crippen LogP contribution in [0.3, 0.4) is 0 Å². The molecule has 2 aromatic rings. The van der Waals surface area contributed by atoms with Crippen molar-refractivity contribution in [1.82, 2.24) is 19.9 Å². The van der Waals surface area contributed by atoms with Gasteiger partial charge in [-0.1, -0.05) is 51.1 Å². The standard InChI is InChI=1S/C35H46N4O7S/c1-4-15-45-30-20-36-33(28-12-8-7-11-27(28)30)46-25-18-29-32(41)37-35(34(42)38-47(43,44)26-13-14-26)19-24(35)10-6-5-9-22(2)16-23(3)17-31(40)39(29)21-25/h6-8,10-12,20,22-26,29H,4-5,9,13-19,21H2,1-3H3,(H,37,41)(H,38,42)/b10-6-/t22-,23-,24-,25?,29+,35-/m1/s1. The number of pyridine rings is 1. The highest BCUT2D eigenvalue weighted by Gasteiger charge is 2.62. The summed E-state index contributed by atoms with van der Waals surface area (Å²) >= 11 is 0. The Bertz CT molecular complexity index is 1660. The summed E-state index contributed by atoms with van der Waals surface area (Å²) < 4.78 is 40.0. The molecule has 1 unspecified atom stereocenters. The summed E-state index contributed by atoms with van der Waals surface area (Å²) in [6.45, 7) is 7.01. The average molecular weight is 667 g/mol. The van der Waals surface area contributed by atoms with Crippen molar-refractivity contribution in [2.75, 3.05) is 13.2 Å². The Balaban J connectivity index is 1.27. The van der Waals surface area contributed by atoms with E-state index in [2.05, 4.69) is 28.9 Å². The van der Waals surface area contributed by atoms with Gasteiger partial charge in [0.15, 0.2) is 0 Å². The zero-order valence-corrected chi connectivity index (χ0v) is 28.3. The lowest BCUT2D eigenvalue weighted by molar-refractivity contribution is -0.140. The molecule has 47 heavy (non-hydrogen) atoms. The number of aromatic nitrogens is 1. The number of fused-ring (bicyclic) bond motifs is 3. The van der Waals surface area contributed by atoms with Crippen LogP contribution in [0.1, 0.15) is 78.6 Å². The van der Waals surface area contributed by atoms with Crippen molar-refractivity contribution in [3.63, 3.8) is 0 Å². The Morgan fingerprint density at radius 3 is 2.62 bits per heavy atom. The van der Waals surface area contributed by atoms with Gasteiger partial charge in [-0.3, -0.25) is 19.1 Å².